The Hall–Kier alpha value is -0.0800. The molecule has 0 atom stereocenters. The molecule has 0 aliphatic heterocycles. The molecule has 0 aromatic heterocycles. The molecule has 6 heteroatoms. The van der Waals surface area contributed by atoms with E-state index in [1.807, 2.05) is 36.4 Å². The highest BCUT2D eigenvalue weighted by atomic mass is 35.6. The van der Waals surface area contributed by atoms with Gasteiger partial charge in [0.05, 0.1) is 0 Å². The highest BCUT2D eigenvalue weighted by Crippen LogP contribution is 2.44. The monoisotopic (exact) mass is 411 g/mol. The quantitative estimate of drug-likeness (QED) is 0.357. The molecule has 0 aliphatic rings. The predicted molar refractivity (Wildman–Crippen MR) is 99.1 cm³/mol. The van der Waals surface area contributed by atoms with Crippen molar-refractivity contribution in [2.45, 2.75) is 7.59 Å². The van der Waals surface area contributed by atoms with Crippen molar-refractivity contribution in [3.63, 3.8) is 0 Å². The van der Waals surface area contributed by atoms with E-state index < -0.39 is 7.59 Å². The van der Waals surface area contributed by atoms with Crippen LogP contribution in [0.25, 0.3) is 12.2 Å². The number of rotatable bonds is 2. The number of alkyl halides is 6. The number of halogens is 6. The van der Waals surface area contributed by atoms with Gasteiger partial charge in [0.15, 0.2) is 0 Å². The normalized spacial score (nSPS) is 12.8. The average Bonchev–Trinajstić information content (AvgIpc) is 2.44. The molecule has 22 heavy (non-hydrogen) atoms. The Morgan fingerprint density at radius 1 is 0.818 bits per heavy atom. The summed E-state index contributed by atoms with van der Waals surface area (Å²) in [6.45, 7) is 0. The maximum absolute atomic E-state index is 6.02. The summed E-state index contributed by atoms with van der Waals surface area (Å²) in [5, 5.41) is 0. The highest BCUT2D eigenvalue weighted by molar-refractivity contribution is 6.67. The Labute approximate surface area is 159 Å². The molecule has 0 unspecified atom stereocenters. The molecule has 0 amide bonds. The van der Waals surface area contributed by atoms with Crippen molar-refractivity contribution in [3.05, 3.63) is 70.8 Å². The first-order chi connectivity index (χ1) is 10.2. The fourth-order valence-corrected chi connectivity index (χ4v) is 2.58. The lowest BCUT2D eigenvalue weighted by molar-refractivity contribution is 1.16. The number of hydrogen-bond acceptors (Lipinski definition) is 0. The van der Waals surface area contributed by atoms with Gasteiger partial charge in [-0.05, 0) is 29.3 Å². The van der Waals surface area contributed by atoms with E-state index in [1.54, 1.807) is 18.2 Å². The first kappa shape index (κ1) is 18.3. The smallest absolute Gasteiger partial charge is 0.0784 e. The number of hydrogen-bond donors (Lipinski definition) is 0. The van der Waals surface area contributed by atoms with Gasteiger partial charge in [0.25, 0.3) is 0 Å². The molecule has 2 aromatic carbocycles. The van der Waals surface area contributed by atoms with Crippen molar-refractivity contribution in [1.82, 2.24) is 0 Å². The molecule has 2 aromatic rings. The van der Waals surface area contributed by atoms with Gasteiger partial charge >= 0.3 is 0 Å². The molecule has 0 spiro atoms. The third-order valence-corrected chi connectivity index (χ3v) is 4.11. The molecule has 2 rings (SSSR count). The van der Waals surface area contributed by atoms with Crippen LogP contribution in [0.3, 0.4) is 0 Å². The van der Waals surface area contributed by atoms with Crippen LogP contribution < -0.4 is 0 Å². The van der Waals surface area contributed by atoms with Crippen molar-refractivity contribution in [2.75, 3.05) is 0 Å². The molecule has 0 bridgehead atoms. The highest BCUT2D eigenvalue weighted by Gasteiger charge is 2.30. The molecule has 0 nitrogen and oxygen atoms in total. The fraction of sp³-hybridized carbons (Fsp3) is 0.125. The summed E-state index contributed by atoms with van der Waals surface area (Å²) < 4.78 is -3.26. The standard InChI is InChI=1S/C16H9Cl6/c17-15(18,19)13-9-8-12(14(10-13)16(20,21)22)7-6-11-4-2-1-3-5-11/h1-7,9-10H. The van der Waals surface area contributed by atoms with Gasteiger partial charge in [0.1, 0.15) is 0 Å². The third kappa shape index (κ3) is 4.96. The third-order valence-electron chi connectivity index (χ3n) is 2.85. The van der Waals surface area contributed by atoms with Gasteiger partial charge < -0.3 is 0 Å². The van der Waals surface area contributed by atoms with Gasteiger partial charge in [0.2, 0.25) is 7.59 Å². The first-order valence-corrected chi connectivity index (χ1v) is 8.38. The minimum atomic E-state index is -1.65. The molecule has 115 valence electrons. The Balaban J connectivity index is 2.45. The van der Waals surface area contributed by atoms with Crippen LogP contribution in [-0.2, 0) is 7.59 Å². The van der Waals surface area contributed by atoms with Crippen molar-refractivity contribution in [1.29, 1.82) is 0 Å². The number of benzene rings is 2. The molecular weight excluding hydrogens is 405 g/mol. The summed E-state index contributed by atoms with van der Waals surface area (Å²) >= 11 is 35.7. The summed E-state index contributed by atoms with van der Waals surface area (Å²) in [7, 11) is 0. The molecular formula is C16H9Cl6. The Bertz CT molecular complexity index is 665. The second-order valence-corrected chi connectivity index (χ2v) is 9.02. The van der Waals surface area contributed by atoms with Crippen LogP contribution in [0.1, 0.15) is 22.3 Å². The minimum Gasteiger partial charge on any atom is -0.0784 e. The molecule has 0 N–H and O–H groups in total. The van der Waals surface area contributed by atoms with Crippen LogP contribution in [0.4, 0.5) is 0 Å². The van der Waals surface area contributed by atoms with Crippen LogP contribution >= 0.6 is 69.6 Å². The molecule has 0 saturated carbocycles. The largest absolute Gasteiger partial charge is 0.216 e. The summed E-state index contributed by atoms with van der Waals surface area (Å²) in [6.07, 6.45) is 3.69. The van der Waals surface area contributed by atoms with Crippen LogP contribution in [0, 0.1) is 6.07 Å². The summed E-state index contributed by atoms with van der Waals surface area (Å²) in [5.74, 6) is 0. The predicted octanol–water partition coefficient (Wildman–Crippen LogP) is 7.31. The first-order valence-electron chi connectivity index (χ1n) is 6.11. The zero-order valence-corrected chi connectivity index (χ0v) is 15.5. The second kappa shape index (κ2) is 7.21. The van der Waals surface area contributed by atoms with E-state index in [4.69, 9.17) is 69.6 Å². The summed E-state index contributed by atoms with van der Waals surface area (Å²) in [6, 6.07) is 15.8. The maximum atomic E-state index is 6.02. The van der Waals surface area contributed by atoms with Crippen molar-refractivity contribution < 1.29 is 0 Å². The Kier molecular flexibility index (Phi) is 5.99. The molecule has 0 saturated heterocycles. The molecule has 0 aliphatic carbocycles. The average molecular weight is 414 g/mol. The van der Waals surface area contributed by atoms with Gasteiger partial charge in [-0.25, -0.2) is 0 Å². The van der Waals surface area contributed by atoms with E-state index in [1.165, 1.54) is 0 Å². The fourth-order valence-electron chi connectivity index (χ4n) is 1.79. The van der Waals surface area contributed by atoms with Crippen LogP contribution in [-0.4, -0.2) is 0 Å². The van der Waals surface area contributed by atoms with Crippen molar-refractivity contribution in [3.8, 4) is 0 Å². The SMILES string of the molecule is ClC(Cl)(Cl)c1c[c]c(C=Cc2ccccc2)c(C(Cl)(Cl)Cl)c1. The lowest BCUT2D eigenvalue weighted by Gasteiger charge is -2.18. The van der Waals surface area contributed by atoms with Gasteiger partial charge in [-0.1, -0.05) is 112 Å². The zero-order chi connectivity index (χ0) is 16.4. The lowest BCUT2D eigenvalue weighted by Crippen LogP contribution is -2.08. The Morgan fingerprint density at radius 2 is 1.45 bits per heavy atom. The summed E-state index contributed by atoms with van der Waals surface area (Å²) in [5.41, 5.74) is 2.41. The van der Waals surface area contributed by atoms with E-state index in [9.17, 15) is 0 Å². The van der Waals surface area contributed by atoms with Gasteiger partial charge in [-0.3, -0.25) is 0 Å². The van der Waals surface area contributed by atoms with Crippen LogP contribution in [0.2, 0.25) is 0 Å². The van der Waals surface area contributed by atoms with Gasteiger partial charge in [-0.15, -0.1) is 0 Å². The van der Waals surface area contributed by atoms with Crippen LogP contribution in [0.5, 0.6) is 0 Å². The van der Waals surface area contributed by atoms with Crippen molar-refractivity contribution >= 4 is 81.8 Å². The van der Waals surface area contributed by atoms with E-state index >= 15 is 0 Å². The summed E-state index contributed by atoms with van der Waals surface area (Å²) in [4.78, 5) is 0. The molecule has 1 radical (unpaired) electrons. The van der Waals surface area contributed by atoms with Gasteiger partial charge in [0, 0.05) is 11.1 Å². The van der Waals surface area contributed by atoms with E-state index in [0.717, 1.165) is 5.56 Å². The zero-order valence-electron chi connectivity index (χ0n) is 11.0. The van der Waals surface area contributed by atoms with E-state index in [-0.39, 0.29) is 0 Å². The maximum Gasteiger partial charge on any atom is 0.216 e. The molecule has 0 fully saturated rings. The topological polar surface area (TPSA) is 0 Å². The van der Waals surface area contributed by atoms with E-state index in [2.05, 4.69) is 6.07 Å². The lowest BCUT2D eigenvalue weighted by atomic mass is 10.0. The minimum absolute atomic E-state index is 0.385. The second-order valence-electron chi connectivity index (χ2n) is 4.46. The van der Waals surface area contributed by atoms with Crippen LogP contribution in [0.15, 0.2) is 42.5 Å². The Morgan fingerprint density at radius 3 is 2.00 bits per heavy atom. The van der Waals surface area contributed by atoms with Crippen molar-refractivity contribution in [2.24, 2.45) is 0 Å². The van der Waals surface area contributed by atoms with E-state index in [0.29, 0.717) is 16.7 Å². The van der Waals surface area contributed by atoms with Gasteiger partial charge in [-0.2, -0.15) is 0 Å². The molecule has 0 heterocycles.